The van der Waals surface area contributed by atoms with Gasteiger partial charge in [0.25, 0.3) is 0 Å². The Morgan fingerprint density at radius 1 is 1.12 bits per heavy atom. The Hall–Kier alpha value is -1.92. The minimum Gasteiger partial charge on any atom is -0.356 e. The zero-order chi connectivity index (χ0) is 17.2. The first kappa shape index (κ1) is 16.9. The maximum atomic E-state index is 12.9. The summed E-state index contributed by atoms with van der Waals surface area (Å²) in [5.41, 5.74) is 0. The summed E-state index contributed by atoms with van der Waals surface area (Å²) in [6.45, 7) is 3.26. The highest BCUT2D eigenvalue weighted by Gasteiger charge is 2.31. The molecule has 5 nitrogen and oxygen atoms in total. The Bertz CT molecular complexity index is 840. The van der Waals surface area contributed by atoms with Crippen LogP contribution in [0.25, 0.3) is 10.8 Å². The van der Waals surface area contributed by atoms with Crippen LogP contribution in [0.1, 0.15) is 19.8 Å². The number of hydrogen-bond donors (Lipinski definition) is 1. The molecule has 0 radical (unpaired) electrons. The van der Waals surface area contributed by atoms with E-state index in [0.717, 1.165) is 10.8 Å². The normalized spacial score (nSPS) is 17.0. The van der Waals surface area contributed by atoms with Crippen LogP contribution in [0.4, 0.5) is 0 Å². The number of piperidine rings is 1. The predicted molar refractivity (Wildman–Crippen MR) is 94.1 cm³/mol. The zero-order valence-electron chi connectivity index (χ0n) is 13.7. The van der Waals surface area contributed by atoms with Crippen molar-refractivity contribution in [2.24, 2.45) is 5.92 Å². The first-order valence-corrected chi connectivity index (χ1v) is 9.73. The largest absolute Gasteiger partial charge is 0.356 e. The second kappa shape index (κ2) is 6.91. The van der Waals surface area contributed by atoms with Gasteiger partial charge in [0.2, 0.25) is 15.9 Å². The molecular weight excluding hydrogens is 324 g/mol. The van der Waals surface area contributed by atoms with E-state index in [-0.39, 0.29) is 11.8 Å². The third-order valence-corrected chi connectivity index (χ3v) is 6.43. The van der Waals surface area contributed by atoms with Crippen LogP contribution < -0.4 is 5.32 Å². The fraction of sp³-hybridized carbons (Fsp3) is 0.389. The quantitative estimate of drug-likeness (QED) is 0.924. The summed E-state index contributed by atoms with van der Waals surface area (Å²) in [4.78, 5) is 12.2. The third-order valence-electron chi connectivity index (χ3n) is 4.53. The second-order valence-electron chi connectivity index (χ2n) is 6.08. The van der Waals surface area contributed by atoms with Gasteiger partial charge in [0, 0.05) is 25.6 Å². The van der Waals surface area contributed by atoms with Crippen LogP contribution in [0.2, 0.25) is 0 Å². The molecule has 0 atom stereocenters. The summed E-state index contributed by atoms with van der Waals surface area (Å²) in [7, 11) is -3.51. The molecule has 0 spiro atoms. The standard InChI is InChI=1S/C18H22N2O3S/c1-2-19-18(21)15-9-11-20(12-10-15)24(22,23)17-8-7-14-5-3-4-6-16(14)13-17/h3-8,13,15H,2,9-12H2,1H3,(H,19,21). The van der Waals surface area contributed by atoms with Gasteiger partial charge >= 0.3 is 0 Å². The molecule has 1 saturated heterocycles. The number of amides is 1. The molecule has 1 aliphatic heterocycles. The van der Waals surface area contributed by atoms with Gasteiger partial charge in [-0.1, -0.05) is 30.3 Å². The van der Waals surface area contributed by atoms with Crippen molar-refractivity contribution >= 4 is 26.7 Å². The van der Waals surface area contributed by atoms with E-state index in [1.54, 1.807) is 12.1 Å². The zero-order valence-corrected chi connectivity index (χ0v) is 14.6. The van der Waals surface area contributed by atoms with Gasteiger partial charge in [-0.25, -0.2) is 8.42 Å². The van der Waals surface area contributed by atoms with Gasteiger partial charge in [-0.05, 0) is 42.7 Å². The lowest BCUT2D eigenvalue weighted by Gasteiger charge is -2.30. The molecule has 1 aliphatic rings. The van der Waals surface area contributed by atoms with Crippen LogP contribution in [0, 0.1) is 5.92 Å². The Morgan fingerprint density at radius 2 is 1.79 bits per heavy atom. The first-order valence-electron chi connectivity index (χ1n) is 8.29. The number of carbonyl (C=O) groups is 1. The molecule has 128 valence electrons. The van der Waals surface area contributed by atoms with Crippen LogP contribution in [0.5, 0.6) is 0 Å². The number of rotatable bonds is 4. The summed E-state index contributed by atoms with van der Waals surface area (Å²) in [5, 5.41) is 4.75. The number of nitrogens with one attached hydrogen (secondary N) is 1. The molecule has 2 aromatic carbocycles. The fourth-order valence-corrected chi connectivity index (χ4v) is 4.66. The van der Waals surface area contributed by atoms with E-state index in [2.05, 4.69) is 5.32 Å². The molecule has 1 fully saturated rings. The highest BCUT2D eigenvalue weighted by molar-refractivity contribution is 7.89. The lowest BCUT2D eigenvalue weighted by Crippen LogP contribution is -2.42. The maximum Gasteiger partial charge on any atom is 0.243 e. The van der Waals surface area contributed by atoms with E-state index in [1.807, 2.05) is 37.3 Å². The average Bonchev–Trinajstić information content (AvgIpc) is 2.61. The summed E-state index contributed by atoms with van der Waals surface area (Å²) in [6, 6.07) is 12.9. The van der Waals surface area contributed by atoms with E-state index >= 15 is 0 Å². The van der Waals surface area contributed by atoms with Crippen LogP contribution in [0.15, 0.2) is 47.4 Å². The van der Waals surface area contributed by atoms with Gasteiger partial charge < -0.3 is 5.32 Å². The molecule has 24 heavy (non-hydrogen) atoms. The second-order valence-corrected chi connectivity index (χ2v) is 8.02. The summed E-state index contributed by atoms with van der Waals surface area (Å²) < 4.78 is 27.2. The Labute approximate surface area is 142 Å². The van der Waals surface area contributed by atoms with E-state index in [1.165, 1.54) is 4.31 Å². The molecular formula is C18H22N2O3S. The Balaban J connectivity index is 1.77. The number of sulfonamides is 1. The maximum absolute atomic E-state index is 12.9. The molecule has 2 aromatic rings. The molecule has 0 saturated carbocycles. The fourth-order valence-electron chi connectivity index (χ4n) is 3.15. The predicted octanol–water partition coefficient (Wildman–Crippen LogP) is 2.38. The van der Waals surface area contributed by atoms with Crippen molar-refractivity contribution in [1.29, 1.82) is 0 Å². The van der Waals surface area contributed by atoms with Gasteiger partial charge in [-0.2, -0.15) is 4.31 Å². The third kappa shape index (κ3) is 3.30. The lowest BCUT2D eigenvalue weighted by atomic mass is 9.97. The highest BCUT2D eigenvalue weighted by atomic mass is 32.2. The van der Waals surface area contributed by atoms with Crippen molar-refractivity contribution in [2.45, 2.75) is 24.7 Å². The van der Waals surface area contributed by atoms with Gasteiger partial charge in [0.15, 0.2) is 0 Å². The van der Waals surface area contributed by atoms with E-state index in [9.17, 15) is 13.2 Å². The number of carbonyl (C=O) groups excluding carboxylic acids is 1. The van der Waals surface area contributed by atoms with Crippen molar-refractivity contribution < 1.29 is 13.2 Å². The monoisotopic (exact) mass is 346 g/mol. The van der Waals surface area contributed by atoms with Crippen molar-refractivity contribution in [3.8, 4) is 0 Å². The van der Waals surface area contributed by atoms with E-state index in [0.29, 0.717) is 37.4 Å². The number of benzene rings is 2. The van der Waals surface area contributed by atoms with E-state index in [4.69, 9.17) is 0 Å². The summed E-state index contributed by atoms with van der Waals surface area (Å²) in [6.07, 6.45) is 1.14. The topological polar surface area (TPSA) is 66.5 Å². The molecule has 1 heterocycles. The van der Waals surface area contributed by atoms with Gasteiger partial charge in [0.1, 0.15) is 0 Å². The molecule has 0 unspecified atom stereocenters. The number of hydrogen-bond acceptors (Lipinski definition) is 3. The van der Waals surface area contributed by atoms with Crippen LogP contribution in [-0.2, 0) is 14.8 Å². The smallest absolute Gasteiger partial charge is 0.243 e. The summed E-state index contributed by atoms with van der Waals surface area (Å²) in [5.74, 6) is -0.0618. The molecule has 0 bridgehead atoms. The Kier molecular flexibility index (Phi) is 4.87. The number of fused-ring (bicyclic) bond motifs is 1. The van der Waals surface area contributed by atoms with Gasteiger partial charge in [-0.15, -0.1) is 0 Å². The molecule has 1 N–H and O–H groups in total. The number of nitrogens with zero attached hydrogens (tertiary/aromatic N) is 1. The van der Waals surface area contributed by atoms with Crippen LogP contribution >= 0.6 is 0 Å². The van der Waals surface area contributed by atoms with Crippen molar-refractivity contribution in [1.82, 2.24) is 9.62 Å². The lowest BCUT2D eigenvalue weighted by molar-refractivity contribution is -0.126. The first-order chi connectivity index (χ1) is 11.5. The van der Waals surface area contributed by atoms with Gasteiger partial charge in [-0.3, -0.25) is 4.79 Å². The van der Waals surface area contributed by atoms with Crippen molar-refractivity contribution in [3.05, 3.63) is 42.5 Å². The molecule has 3 rings (SSSR count). The molecule has 6 heteroatoms. The molecule has 0 aliphatic carbocycles. The van der Waals surface area contributed by atoms with Crippen molar-refractivity contribution in [3.63, 3.8) is 0 Å². The average molecular weight is 346 g/mol. The van der Waals surface area contributed by atoms with Gasteiger partial charge in [0.05, 0.1) is 4.90 Å². The molecule has 0 aromatic heterocycles. The minimum absolute atomic E-state index is 0.0280. The minimum atomic E-state index is -3.51. The van der Waals surface area contributed by atoms with Crippen molar-refractivity contribution in [2.75, 3.05) is 19.6 Å². The molecule has 1 amide bonds. The summed E-state index contributed by atoms with van der Waals surface area (Å²) >= 11 is 0. The SMILES string of the molecule is CCNC(=O)C1CCN(S(=O)(=O)c2ccc3ccccc3c2)CC1. The van der Waals surface area contributed by atoms with Crippen LogP contribution in [0.3, 0.4) is 0 Å². The Morgan fingerprint density at radius 3 is 2.46 bits per heavy atom. The van der Waals surface area contributed by atoms with E-state index < -0.39 is 10.0 Å². The highest BCUT2D eigenvalue weighted by Crippen LogP contribution is 2.26. The van der Waals surface area contributed by atoms with Crippen LogP contribution in [-0.4, -0.2) is 38.3 Å².